The summed E-state index contributed by atoms with van der Waals surface area (Å²) < 4.78 is 0. The molecule has 1 aliphatic rings. The minimum absolute atomic E-state index is 0.0387. The van der Waals surface area contributed by atoms with Crippen LogP contribution in [0, 0.1) is 30.9 Å². The fourth-order valence-corrected chi connectivity index (χ4v) is 3.81. The van der Waals surface area contributed by atoms with Gasteiger partial charge in [-0.05, 0) is 73.5 Å². The maximum absolute atomic E-state index is 12.6. The minimum atomic E-state index is -0.734. The fraction of sp³-hybridized carbons (Fsp3) is 0.190. The number of anilines is 1. The van der Waals surface area contributed by atoms with E-state index in [1.54, 1.807) is 19.1 Å². The molecule has 10 heteroatoms. The molecule has 0 radical (unpaired) electrons. The number of nitrogens with zero attached hydrogens (tertiary/aromatic N) is 2. The molecule has 9 nitrogen and oxygen atoms in total. The number of hydrogen-bond acceptors (Lipinski definition) is 7. The van der Waals surface area contributed by atoms with Gasteiger partial charge < -0.3 is 10.4 Å². The number of aryl methyl sites for hydroxylation is 3. The van der Waals surface area contributed by atoms with Gasteiger partial charge in [-0.15, -0.1) is 0 Å². The molecule has 1 fully saturated rings. The number of rotatable bonds is 5. The topological polar surface area (TPSA) is 130 Å². The number of phenols is 1. The van der Waals surface area contributed by atoms with Crippen LogP contribution in [0.3, 0.4) is 0 Å². The van der Waals surface area contributed by atoms with Crippen molar-refractivity contribution in [2.45, 2.75) is 20.8 Å². The van der Waals surface area contributed by atoms with E-state index in [1.807, 2.05) is 19.9 Å². The molecule has 0 aromatic heterocycles. The van der Waals surface area contributed by atoms with Gasteiger partial charge in [0.1, 0.15) is 6.54 Å². The van der Waals surface area contributed by atoms with Gasteiger partial charge >= 0.3 is 5.69 Å². The van der Waals surface area contributed by atoms with Crippen LogP contribution in [-0.4, -0.2) is 38.5 Å². The lowest BCUT2D eigenvalue weighted by Crippen LogP contribution is -2.36. The highest BCUT2D eigenvalue weighted by atomic mass is 32.2. The Hall–Kier alpha value is -3.66. The van der Waals surface area contributed by atoms with Crippen molar-refractivity contribution in [3.05, 3.63) is 67.6 Å². The van der Waals surface area contributed by atoms with Crippen molar-refractivity contribution in [3.63, 3.8) is 0 Å². The summed E-state index contributed by atoms with van der Waals surface area (Å²) in [5.41, 5.74) is 2.64. The first-order valence-corrected chi connectivity index (χ1v) is 9.99. The van der Waals surface area contributed by atoms with Crippen LogP contribution >= 0.6 is 11.8 Å². The molecule has 160 valence electrons. The number of nitro groups is 1. The Balaban J connectivity index is 1.79. The maximum atomic E-state index is 12.6. The number of thioether (sulfide) groups is 1. The molecule has 0 bridgehead atoms. The molecule has 2 aromatic rings. The van der Waals surface area contributed by atoms with Gasteiger partial charge in [0.15, 0.2) is 0 Å². The minimum Gasteiger partial charge on any atom is -0.502 e. The summed E-state index contributed by atoms with van der Waals surface area (Å²) in [6.45, 7) is 4.97. The third-order valence-electron chi connectivity index (χ3n) is 4.71. The smallest absolute Gasteiger partial charge is 0.311 e. The van der Waals surface area contributed by atoms with Gasteiger partial charge in [0.2, 0.25) is 11.7 Å². The van der Waals surface area contributed by atoms with E-state index in [0.29, 0.717) is 23.0 Å². The van der Waals surface area contributed by atoms with Gasteiger partial charge in [-0.1, -0.05) is 6.07 Å². The SMILES string of the molecule is Cc1cc(C=C2SC(=O)N(CC(=O)Nc3ccc(C)c(C)c3)C2=O)c(O)c([N+](=O)[O-])c1. The number of carbonyl (C=O) groups is 3. The molecular weight excluding hydrogens is 422 g/mol. The van der Waals surface area contributed by atoms with Crippen LogP contribution in [0.15, 0.2) is 35.2 Å². The van der Waals surface area contributed by atoms with E-state index in [9.17, 15) is 29.6 Å². The molecule has 2 N–H and O–H groups in total. The lowest BCUT2D eigenvalue weighted by molar-refractivity contribution is -0.385. The predicted octanol–water partition coefficient (Wildman–Crippen LogP) is 3.90. The molecular formula is C21H19N3O6S. The average Bonchev–Trinajstić information content (AvgIpc) is 2.94. The summed E-state index contributed by atoms with van der Waals surface area (Å²) in [6.07, 6.45) is 1.21. The van der Waals surface area contributed by atoms with Crippen LogP contribution in [0.1, 0.15) is 22.3 Å². The Kier molecular flexibility index (Phi) is 6.11. The third kappa shape index (κ3) is 4.75. The van der Waals surface area contributed by atoms with E-state index < -0.39 is 40.0 Å². The Labute approximate surface area is 181 Å². The molecule has 1 aliphatic heterocycles. The molecule has 0 saturated carbocycles. The number of imide groups is 1. The maximum Gasteiger partial charge on any atom is 0.311 e. The van der Waals surface area contributed by atoms with Crippen molar-refractivity contribution < 1.29 is 24.4 Å². The van der Waals surface area contributed by atoms with Gasteiger partial charge in [0, 0.05) is 17.3 Å². The van der Waals surface area contributed by atoms with Crippen molar-refractivity contribution in [1.29, 1.82) is 0 Å². The number of nitro benzene ring substituents is 1. The van der Waals surface area contributed by atoms with E-state index in [1.165, 1.54) is 18.2 Å². The summed E-state index contributed by atoms with van der Waals surface area (Å²) in [6, 6.07) is 8.02. The molecule has 0 atom stereocenters. The summed E-state index contributed by atoms with van der Waals surface area (Å²) in [5.74, 6) is -1.86. The lowest BCUT2D eigenvalue weighted by atomic mass is 10.1. The largest absolute Gasteiger partial charge is 0.502 e. The Morgan fingerprint density at radius 2 is 1.90 bits per heavy atom. The van der Waals surface area contributed by atoms with Crippen LogP contribution in [0.4, 0.5) is 16.2 Å². The highest BCUT2D eigenvalue weighted by molar-refractivity contribution is 8.18. The molecule has 1 saturated heterocycles. The summed E-state index contributed by atoms with van der Waals surface area (Å²) in [4.78, 5) is 48.4. The zero-order chi connectivity index (χ0) is 22.9. The first-order chi connectivity index (χ1) is 14.6. The van der Waals surface area contributed by atoms with Gasteiger partial charge in [0.25, 0.3) is 11.1 Å². The van der Waals surface area contributed by atoms with E-state index in [0.717, 1.165) is 16.0 Å². The Bertz CT molecular complexity index is 1160. The number of aromatic hydroxyl groups is 1. The second-order valence-electron chi connectivity index (χ2n) is 7.09. The number of amides is 3. The quantitative estimate of drug-likeness (QED) is 0.409. The first kappa shape index (κ1) is 22.0. The number of nitrogens with one attached hydrogen (secondary N) is 1. The summed E-state index contributed by atoms with van der Waals surface area (Å²) in [7, 11) is 0. The normalized spacial score (nSPS) is 14.9. The zero-order valence-electron chi connectivity index (χ0n) is 17.0. The molecule has 0 unspecified atom stereocenters. The summed E-state index contributed by atoms with van der Waals surface area (Å²) >= 11 is 0.596. The number of benzene rings is 2. The molecule has 0 spiro atoms. The van der Waals surface area contributed by atoms with Crippen LogP contribution in [0.2, 0.25) is 0 Å². The van der Waals surface area contributed by atoms with Crippen molar-refractivity contribution in [2.75, 3.05) is 11.9 Å². The molecule has 31 heavy (non-hydrogen) atoms. The second kappa shape index (κ2) is 8.60. The molecule has 3 rings (SSSR count). The van der Waals surface area contributed by atoms with E-state index in [-0.39, 0.29) is 10.5 Å². The van der Waals surface area contributed by atoms with Crippen LogP contribution in [0.5, 0.6) is 5.75 Å². The van der Waals surface area contributed by atoms with Gasteiger partial charge in [-0.25, -0.2) is 0 Å². The highest BCUT2D eigenvalue weighted by Gasteiger charge is 2.36. The standard InChI is InChI=1S/C21H19N3O6S/c1-11-6-14(19(26)16(7-11)24(29)30)9-17-20(27)23(21(28)31-17)10-18(25)22-15-5-4-12(2)13(3)8-15/h4-9,26H,10H2,1-3H3,(H,22,25). The van der Waals surface area contributed by atoms with Gasteiger partial charge in [-0.2, -0.15) is 0 Å². The predicted molar refractivity (Wildman–Crippen MR) is 117 cm³/mol. The van der Waals surface area contributed by atoms with Crippen molar-refractivity contribution in [3.8, 4) is 5.75 Å². The van der Waals surface area contributed by atoms with Crippen molar-refractivity contribution in [1.82, 2.24) is 4.90 Å². The molecule has 2 aromatic carbocycles. The van der Waals surface area contributed by atoms with Crippen LogP contribution in [-0.2, 0) is 9.59 Å². The number of hydrogen-bond donors (Lipinski definition) is 2. The van der Waals surface area contributed by atoms with Gasteiger partial charge in [-0.3, -0.25) is 29.4 Å². The first-order valence-electron chi connectivity index (χ1n) is 9.17. The molecule has 3 amide bonds. The zero-order valence-corrected chi connectivity index (χ0v) is 17.8. The lowest BCUT2D eigenvalue weighted by Gasteiger charge is -2.13. The van der Waals surface area contributed by atoms with Crippen molar-refractivity contribution in [2.24, 2.45) is 0 Å². The fourth-order valence-electron chi connectivity index (χ4n) is 2.98. The summed E-state index contributed by atoms with van der Waals surface area (Å²) in [5, 5.41) is 23.2. The van der Waals surface area contributed by atoms with E-state index in [4.69, 9.17) is 0 Å². The number of phenolic OH excluding ortho intramolecular Hbond substituents is 1. The van der Waals surface area contributed by atoms with E-state index >= 15 is 0 Å². The van der Waals surface area contributed by atoms with Gasteiger partial charge in [0.05, 0.1) is 9.83 Å². The van der Waals surface area contributed by atoms with Crippen LogP contribution < -0.4 is 5.32 Å². The van der Waals surface area contributed by atoms with Crippen LogP contribution in [0.25, 0.3) is 6.08 Å². The Morgan fingerprint density at radius 3 is 2.55 bits per heavy atom. The second-order valence-corrected chi connectivity index (χ2v) is 8.09. The molecule has 1 heterocycles. The highest BCUT2D eigenvalue weighted by Crippen LogP contribution is 2.37. The van der Waals surface area contributed by atoms with E-state index in [2.05, 4.69) is 5.32 Å². The van der Waals surface area contributed by atoms with Crippen molar-refractivity contribution >= 4 is 46.3 Å². The number of carbonyl (C=O) groups excluding carboxylic acids is 3. The Morgan fingerprint density at radius 1 is 1.19 bits per heavy atom. The average molecular weight is 441 g/mol. The monoisotopic (exact) mass is 441 g/mol. The molecule has 0 aliphatic carbocycles. The third-order valence-corrected chi connectivity index (χ3v) is 5.62.